The highest BCUT2D eigenvalue weighted by atomic mass is 32.2. The minimum atomic E-state index is -0.402. The Hall–Kier alpha value is -2.73. The van der Waals surface area contributed by atoms with Crippen molar-refractivity contribution in [2.75, 3.05) is 13.4 Å². The minimum Gasteiger partial charge on any atom is -0.496 e. The number of carbonyl (C=O) groups excluding carboxylic acids is 1. The van der Waals surface area contributed by atoms with Gasteiger partial charge in [0.05, 0.1) is 12.8 Å². The van der Waals surface area contributed by atoms with Gasteiger partial charge in [0.1, 0.15) is 17.9 Å². The third-order valence-corrected chi connectivity index (χ3v) is 4.43. The van der Waals surface area contributed by atoms with E-state index in [-0.39, 0.29) is 6.61 Å². The second-order valence-corrected chi connectivity index (χ2v) is 6.14. The molecule has 0 unspecified atom stereocenters. The van der Waals surface area contributed by atoms with Crippen molar-refractivity contribution in [1.82, 2.24) is 9.78 Å². The van der Waals surface area contributed by atoms with Crippen LogP contribution in [0.15, 0.2) is 65.8 Å². The van der Waals surface area contributed by atoms with Crippen LogP contribution in [0.25, 0.3) is 5.69 Å². The first-order chi connectivity index (χ1) is 12.2. The average molecular weight is 354 g/mol. The smallest absolute Gasteiger partial charge is 0.342 e. The molecule has 0 fully saturated rings. The van der Waals surface area contributed by atoms with Gasteiger partial charge in [-0.3, -0.25) is 0 Å². The Labute approximate surface area is 150 Å². The van der Waals surface area contributed by atoms with Crippen molar-refractivity contribution < 1.29 is 14.3 Å². The summed E-state index contributed by atoms with van der Waals surface area (Å²) in [5.74, 6) is 0.117. The molecule has 0 aliphatic carbocycles. The van der Waals surface area contributed by atoms with Gasteiger partial charge in [0.15, 0.2) is 0 Å². The van der Waals surface area contributed by atoms with Crippen molar-refractivity contribution in [2.45, 2.75) is 11.5 Å². The number of hydrogen-bond acceptors (Lipinski definition) is 5. The summed E-state index contributed by atoms with van der Waals surface area (Å²) in [5, 5.41) is 4.18. The molecule has 3 aromatic rings. The molecule has 5 nitrogen and oxygen atoms in total. The van der Waals surface area contributed by atoms with Gasteiger partial charge in [-0.2, -0.15) is 5.10 Å². The Morgan fingerprint density at radius 3 is 2.64 bits per heavy atom. The average Bonchev–Trinajstić information content (AvgIpc) is 3.20. The highest BCUT2D eigenvalue weighted by Gasteiger charge is 2.14. The van der Waals surface area contributed by atoms with Gasteiger partial charge in [0.25, 0.3) is 0 Å². The highest BCUT2D eigenvalue weighted by Crippen LogP contribution is 2.26. The normalized spacial score (nSPS) is 10.5. The minimum absolute atomic E-state index is 0.200. The number of rotatable bonds is 6. The number of benzene rings is 2. The Morgan fingerprint density at radius 1 is 1.20 bits per heavy atom. The molecule has 0 aliphatic rings. The molecule has 0 radical (unpaired) electrons. The SMILES string of the molecule is COc1cc(SC)ccc1C(=O)OCc1ccc(-n2cccn2)cc1. The van der Waals surface area contributed by atoms with Crippen molar-refractivity contribution in [3.05, 3.63) is 72.1 Å². The van der Waals surface area contributed by atoms with Crippen molar-refractivity contribution in [1.29, 1.82) is 0 Å². The zero-order valence-corrected chi connectivity index (χ0v) is 14.8. The Kier molecular flexibility index (Phi) is 5.40. The summed E-state index contributed by atoms with van der Waals surface area (Å²) in [5.41, 5.74) is 2.28. The number of aromatic nitrogens is 2. The van der Waals surface area contributed by atoms with Crippen molar-refractivity contribution in [3.63, 3.8) is 0 Å². The fourth-order valence-corrected chi connectivity index (χ4v) is 2.79. The molecule has 0 bridgehead atoms. The zero-order chi connectivity index (χ0) is 17.6. The third-order valence-electron chi connectivity index (χ3n) is 3.70. The third kappa shape index (κ3) is 4.03. The monoisotopic (exact) mass is 354 g/mol. The van der Waals surface area contributed by atoms with Crippen LogP contribution in [0.4, 0.5) is 0 Å². The molecule has 0 amide bonds. The van der Waals surface area contributed by atoms with E-state index in [9.17, 15) is 4.79 Å². The topological polar surface area (TPSA) is 53.4 Å². The van der Waals surface area contributed by atoms with Crippen LogP contribution in [0.5, 0.6) is 5.75 Å². The fraction of sp³-hybridized carbons (Fsp3) is 0.158. The first kappa shape index (κ1) is 17.1. The molecule has 0 aliphatic heterocycles. The molecule has 1 aromatic heterocycles. The van der Waals surface area contributed by atoms with Gasteiger partial charge in [-0.1, -0.05) is 12.1 Å². The second kappa shape index (κ2) is 7.90. The lowest BCUT2D eigenvalue weighted by atomic mass is 10.2. The van der Waals surface area contributed by atoms with Gasteiger partial charge in [0.2, 0.25) is 0 Å². The number of thioether (sulfide) groups is 1. The lowest BCUT2D eigenvalue weighted by Crippen LogP contribution is -2.07. The molecular weight excluding hydrogens is 336 g/mol. The molecule has 3 rings (SSSR count). The maximum absolute atomic E-state index is 12.3. The van der Waals surface area contributed by atoms with Crippen LogP contribution < -0.4 is 4.74 Å². The molecule has 0 saturated heterocycles. The van der Waals surface area contributed by atoms with E-state index in [4.69, 9.17) is 9.47 Å². The Balaban J connectivity index is 1.66. The van der Waals surface area contributed by atoms with E-state index < -0.39 is 5.97 Å². The first-order valence-electron chi connectivity index (χ1n) is 7.69. The van der Waals surface area contributed by atoms with Crippen LogP contribution in [0.2, 0.25) is 0 Å². The Morgan fingerprint density at radius 2 is 2.00 bits per heavy atom. The number of ether oxygens (including phenoxy) is 2. The van der Waals surface area contributed by atoms with Crippen LogP contribution in [-0.2, 0) is 11.3 Å². The van der Waals surface area contributed by atoms with E-state index in [0.29, 0.717) is 11.3 Å². The van der Waals surface area contributed by atoms with Gasteiger partial charge in [-0.15, -0.1) is 11.8 Å². The molecule has 25 heavy (non-hydrogen) atoms. The molecule has 2 aromatic carbocycles. The molecule has 128 valence electrons. The standard InChI is InChI=1S/C19H18N2O3S/c1-23-18-12-16(25-2)8-9-17(18)19(22)24-13-14-4-6-15(7-5-14)21-11-3-10-20-21/h3-12H,13H2,1-2H3. The van der Waals surface area contributed by atoms with Gasteiger partial charge >= 0.3 is 5.97 Å². The number of nitrogens with zero attached hydrogens (tertiary/aromatic N) is 2. The number of carbonyl (C=O) groups is 1. The lowest BCUT2D eigenvalue weighted by Gasteiger charge is -2.10. The highest BCUT2D eigenvalue weighted by molar-refractivity contribution is 7.98. The van der Waals surface area contributed by atoms with E-state index in [1.807, 2.05) is 54.9 Å². The van der Waals surface area contributed by atoms with Crippen molar-refractivity contribution in [3.8, 4) is 11.4 Å². The summed E-state index contributed by atoms with van der Waals surface area (Å²) in [6.07, 6.45) is 5.57. The van der Waals surface area contributed by atoms with Crippen LogP contribution in [0.3, 0.4) is 0 Å². The van der Waals surface area contributed by atoms with Gasteiger partial charge < -0.3 is 9.47 Å². The van der Waals surface area contributed by atoms with Crippen molar-refractivity contribution in [2.24, 2.45) is 0 Å². The Bertz CT molecular complexity index is 846. The van der Waals surface area contributed by atoms with Gasteiger partial charge in [-0.25, -0.2) is 9.48 Å². The largest absolute Gasteiger partial charge is 0.496 e. The summed E-state index contributed by atoms with van der Waals surface area (Å²) in [6.45, 7) is 0.200. The first-order valence-corrected chi connectivity index (χ1v) is 8.92. The van der Waals surface area contributed by atoms with E-state index >= 15 is 0 Å². The molecule has 1 heterocycles. The van der Waals surface area contributed by atoms with E-state index in [2.05, 4.69) is 5.10 Å². The summed E-state index contributed by atoms with van der Waals surface area (Å²) in [6, 6.07) is 15.0. The van der Waals surface area contributed by atoms with E-state index in [0.717, 1.165) is 16.1 Å². The zero-order valence-electron chi connectivity index (χ0n) is 14.0. The molecular formula is C19H18N2O3S. The summed E-state index contributed by atoms with van der Waals surface area (Å²) in [7, 11) is 1.55. The quantitative estimate of drug-likeness (QED) is 0.495. The molecule has 0 spiro atoms. The maximum Gasteiger partial charge on any atom is 0.342 e. The van der Waals surface area contributed by atoms with Crippen molar-refractivity contribution >= 4 is 17.7 Å². The van der Waals surface area contributed by atoms with Gasteiger partial charge in [0, 0.05) is 17.3 Å². The lowest BCUT2D eigenvalue weighted by molar-refractivity contribution is 0.0469. The summed E-state index contributed by atoms with van der Waals surface area (Å²) in [4.78, 5) is 13.4. The van der Waals surface area contributed by atoms with E-state index in [1.165, 1.54) is 0 Å². The maximum atomic E-state index is 12.3. The number of methoxy groups -OCH3 is 1. The fourth-order valence-electron chi connectivity index (χ4n) is 2.36. The molecule has 6 heteroatoms. The van der Waals surface area contributed by atoms with Gasteiger partial charge in [-0.05, 0) is 48.2 Å². The number of esters is 1. The number of hydrogen-bond donors (Lipinski definition) is 0. The van der Waals surface area contributed by atoms with Crippen LogP contribution in [0.1, 0.15) is 15.9 Å². The van der Waals surface area contributed by atoms with Crippen LogP contribution in [0, 0.1) is 0 Å². The molecule has 0 atom stereocenters. The molecule has 0 N–H and O–H groups in total. The second-order valence-electron chi connectivity index (χ2n) is 5.26. The molecule has 0 saturated carbocycles. The van der Waals surface area contributed by atoms with Crippen LogP contribution in [-0.4, -0.2) is 29.1 Å². The summed E-state index contributed by atoms with van der Waals surface area (Å²) >= 11 is 1.59. The summed E-state index contributed by atoms with van der Waals surface area (Å²) < 4.78 is 12.5. The predicted octanol–water partition coefficient (Wildman–Crippen LogP) is 3.96. The van der Waals surface area contributed by atoms with Crippen LogP contribution >= 0.6 is 11.8 Å². The van der Waals surface area contributed by atoms with E-state index in [1.54, 1.807) is 35.8 Å². The predicted molar refractivity (Wildman–Crippen MR) is 97.5 cm³/mol.